The first kappa shape index (κ1) is 25.3. The molecule has 1 aliphatic rings. The lowest BCUT2D eigenvalue weighted by atomic mass is 9.94. The van der Waals surface area contributed by atoms with E-state index < -0.39 is 30.4 Å². The number of alkyl halides is 2. The number of nitrogens with zero attached hydrogens (tertiary/aromatic N) is 2. The molecule has 1 aromatic heterocycles. The average molecular weight is 474 g/mol. The van der Waals surface area contributed by atoms with Crippen LogP contribution in [0.5, 0.6) is 11.8 Å². The fraction of sp³-hybridized carbons (Fsp3) is 0.652. The van der Waals surface area contributed by atoms with Crippen LogP contribution in [0.2, 0.25) is 0 Å². The molecule has 6 nitrogen and oxygen atoms in total. The van der Waals surface area contributed by atoms with Gasteiger partial charge >= 0.3 is 0 Å². The summed E-state index contributed by atoms with van der Waals surface area (Å²) in [5.41, 5.74) is -0.459. The summed E-state index contributed by atoms with van der Waals surface area (Å²) < 4.78 is 72.0. The molecule has 0 radical (unpaired) electrons. The third-order valence-electron chi connectivity index (χ3n) is 6.04. The highest BCUT2D eigenvalue weighted by atomic mass is 19.3. The molecule has 0 amide bonds. The Bertz CT molecular complexity index is 973. The molecule has 2 atom stereocenters. The van der Waals surface area contributed by atoms with Gasteiger partial charge in [-0.25, -0.2) is 17.6 Å². The summed E-state index contributed by atoms with van der Waals surface area (Å²) in [6.45, 7) is 4.50. The Morgan fingerprint density at radius 2 is 1.82 bits per heavy atom. The van der Waals surface area contributed by atoms with Gasteiger partial charge in [0.05, 0.1) is 12.2 Å². The number of carbonyl (C=O) groups excluding carboxylic acids is 1. The Labute approximate surface area is 190 Å². The lowest BCUT2D eigenvalue weighted by Crippen LogP contribution is -2.33. The molecule has 33 heavy (non-hydrogen) atoms. The van der Waals surface area contributed by atoms with Crippen LogP contribution in [-0.4, -0.2) is 46.7 Å². The smallest absolute Gasteiger partial charge is 0.297 e. The third-order valence-corrected chi connectivity index (χ3v) is 6.04. The molecule has 0 unspecified atom stereocenters. The third kappa shape index (κ3) is 6.16. The molecule has 1 saturated carbocycles. The largest absolute Gasteiger partial charge is 0.484 e. The number of halogens is 4. The van der Waals surface area contributed by atoms with Gasteiger partial charge in [0.1, 0.15) is 29.5 Å². The minimum atomic E-state index is -2.81. The maximum Gasteiger partial charge on any atom is 0.297 e. The van der Waals surface area contributed by atoms with Crippen molar-refractivity contribution in [2.24, 2.45) is 13.0 Å². The number of ketones is 1. The van der Waals surface area contributed by atoms with Crippen molar-refractivity contribution in [1.82, 2.24) is 9.55 Å². The van der Waals surface area contributed by atoms with Gasteiger partial charge in [-0.15, -0.1) is 0 Å². The first-order valence-electron chi connectivity index (χ1n) is 11.1. The summed E-state index contributed by atoms with van der Waals surface area (Å²) in [5.74, 6) is -2.18. The SMILES string of the molecule is CC(=O)C[C@@H](C)[C@@H](C)OC1CCC(Oc2nc3c(F)cc(OCC(F)F)c(F)c3n2C)CC1. The standard InChI is InChI=1S/C23H30F4N2O4/c1-12(9-13(2)30)14(3)32-15-5-7-16(8-6-15)33-23-28-21-17(24)10-18(31-11-19(25)26)20(27)22(21)29(23)4/h10,12,14-16,19H,5-9,11H2,1-4H3/t12-,14-,15?,16?/m1/s1. The number of ether oxygens (including phenoxy) is 3. The number of benzene rings is 1. The summed E-state index contributed by atoms with van der Waals surface area (Å²) >= 11 is 0. The normalized spacial score (nSPS) is 20.8. The first-order valence-corrected chi connectivity index (χ1v) is 11.1. The zero-order valence-corrected chi connectivity index (χ0v) is 19.2. The minimum Gasteiger partial charge on any atom is -0.484 e. The number of aromatic nitrogens is 2. The van der Waals surface area contributed by atoms with E-state index in [1.54, 1.807) is 6.92 Å². The number of aryl methyl sites for hydroxylation is 1. The fourth-order valence-electron chi connectivity index (χ4n) is 4.11. The molecule has 0 saturated heterocycles. The van der Waals surface area contributed by atoms with Gasteiger partial charge in [0.25, 0.3) is 12.4 Å². The van der Waals surface area contributed by atoms with E-state index in [1.165, 1.54) is 11.6 Å². The molecule has 1 fully saturated rings. The van der Waals surface area contributed by atoms with E-state index >= 15 is 0 Å². The van der Waals surface area contributed by atoms with Crippen molar-refractivity contribution in [3.63, 3.8) is 0 Å². The van der Waals surface area contributed by atoms with E-state index in [9.17, 15) is 22.4 Å². The Morgan fingerprint density at radius 3 is 2.42 bits per heavy atom. The quantitative estimate of drug-likeness (QED) is 0.443. The summed E-state index contributed by atoms with van der Waals surface area (Å²) in [7, 11) is 1.47. The molecule has 0 aliphatic heterocycles. The highest BCUT2D eigenvalue weighted by Crippen LogP contribution is 2.33. The molecule has 0 N–H and O–H groups in total. The molecular formula is C23H30F4N2O4. The second-order valence-electron chi connectivity index (χ2n) is 8.76. The Balaban J connectivity index is 1.64. The highest BCUT2D eigenvalue weighted by molar-refractivity contribution is 5.80. The molecular weight excluding hydrogens is 444 g/mol. The molecule has 184 valence electrons. The second-order valence-corrected chi connectivity index (χ2v) is 8.76. The molecule has 10 heteroatoms. The molecule has 3 rings (SSSR count). The zero-order valence-electron chi connectivity index (χ0n) is 19.2. The Hall–Kier alpha value is -2.36. The van der Waals surface area contributed by atoms with Crippen LogP contribution in [0.4, 0.5) is 17.6 Å². The van der Waals surface area contributed by atoms with Crippen molar-refractivity contribution < 1.29 is 36.6 Å². The lowest BCUT2D eigenvalue weighted by molar-refractivity contribution is -0.120. The zero-order chi connectivity index (χ0) is 24.3. The van der Waals surface area contributed by atoms with Gasteiger partial charge in [-0.1, -0.05) is 6.92 Å². The summed E-state index contributed by atoms with van der Waals surface area (Å²) in [6.07, 6.45) is 0.334. The first-order chi connectivity index (χ1) is 15.6. The van der Waals surface area contributed by atoms with Crippen molar-refractivity contribution in [3.05, 3.63) is 17.7 Å². The number of carbonyl (C=O) groups is 1. The molecule has 1 heterocycles. The topological polar surface area (TPSA) is 62.6 Å². The van der Waals surface area contributed by atoms with Crippen LogP contribution in [0, 0.1) is 17.6 Å². The summed E-state index contributed by atoms with van der Waals surface area (Å²) in [4.78, 5) is 15.4. The number of rotatable bonds is 10. The Kier molecular flexibility index (Phi) is 8.20. The van der Waals surface area contributed by atoms with E-state index in [1.807, 2.05) is 13.8 Å². The second kappa shape index (κ2) is 10.7. The van der Waals surface area contributed by atoms with Gasteiger partial charge in [-0.3, -0.25) is 4.57 Å². The Morgan fingerprint density at radius 1 is 1.18 bits per heavy atom. The van der Waals surface area contributed by atoms with Crippen molar-refractivity contribution in [1.29, 1.82) is 0 Å². The number of hydrogen-bond acceptors (Lipinski definition) is 5. The van der Waals surface area contributed by atoms with E-state index in [2.05, 4.69) is 4.98 Å². The number of imidazole rings is 1. The fourth-order valence-corrected chi connectivity index (χ4v) is 4.11. The van der Waals surface area contributed by atoms with Crippen molar-refractivity contribution in [3.8, 4) is 11.8 Å². The lowest BCUT2D eigenvalue weighted by Gasteiger charge is -2.32. The van der Waals surface area contributed by atoms with Crippen LogP contribution in [0.1, 0.15) is 52.9 Å². The van der Waals surface area contributed by atoms with E-state index in [-0.39, 0.29) is 47.1 Å². The van der Waals surface area contributed by atoms with Gasteiger partial charge < -0.3 is 19.0 Å². The number of hydrogen-bond donors (Lipinski definition) is 0. The molecule has 1 aliphatic carbocycles. The summed E-state index contributed by atoms with van der Waals surface area (Å²) in [6, 6.07) is 0.759. The monoisotopic (exact) mass is 474 g/mol. The van der Waals surface area contributed by atoms with Gasteiger partial charge in [0, 0.05) is 19.5 Å². The summed E-state index contributed by atoms with van der Waals surface area (Å²) in [5, 5.41) is 0. The van der Waals surface area contributed by atoms with Gasteiger partial charge in [-0.05, 0) is 45.4 Å². The van der Waals surface area contributed by atoms with Crippen LogP contribution >= 0.6 is 0 Å². The van der Waals surface area contributed by atoms with Crippen LogP contribution in [0.25, 0.3) is 11.0 Å². The molecule has 0 spiro atoms. The molecule has 0 bridgehead atoms. The van der Waals surface area contributed by atoms with Crippen LogP contribution in [0.3, 0.4) is 0 Å². The van der Waals surface area contributed by atoms with Crippen LogP contribution in [0.15, 0.2) is 6.07 Å². The van der Waals surface area contributed by atoms with E-state index in [4.69, 9.17) is 14.2 Å². The van der Waals surface area contributed by atoms with Gasteiger partial charge in [0.15, 0.2) is 17.4 Å². The predicted octanol–water partition coefficient (Wildman–Crippen LogP) is 5.21. The maximum absolute atomic E-state index is 14.8. The molecule has 2 aromatic rings. The predicted molar refractivity (Wildman–Crippen MR) is 114 cm³/mol. The van der Waals surface area contributed by atoms with Gasteiger partial charge in [0.2, 0.25) is 0 Å². The number of fused-ring (bicyclic) bond motifs is 1. The van der Waals surface area contributed by atoms with E-state index in [0.29, 0.717) is 25.3 Å². The maximum atomic E-state index is 14.8. The van der Waals surface area contributed by atoms with Crippen molar-refractivity contribution >= 4 is 16.8 Å². The van der Waals surface area contributed by atoms with Crippen LogP contribution in [-0.2, 0) is 16.6 Å². The average Bonchev–Trinajstić information content (AvgIpc) is 3.07. The van der Waals surface area contributed by atoms with Crippen molar-refractivity contribution in [2.45, 2.75) is 77.6 Å². The van der Waals surface area contributed by atoms with Crippen molar-refractivity contribution in [2.75, 3.05) is 6.61 Å². The minimum absolute atomic E-state index is 0.0383. The van der Waals surface area contributed by atoms with E-state index in [0.717, 1.165) is 12.8 Å². The number of Topliss-reactive ketones (excluding diaryl/α,β-unsaturated/α-hetero) is 1. The molecule has 1 aromatic carbocycles. The van der Waals surface area contributed by atoms with Crippen LogP contribution < -0.4 is 9.47 Å². The highest BCUT2D eigenvalue weighted by Gasteiger charge is 2.28. The van der Waals surface area contributed by atoms with Gasteiger partial charge in [-0.2, -0.15) is 4.98 Å².